The lowest BCUT2D eigenvalue weighted by atomic mass is 9.85. The number of amides is 1. The minimum Gasteiger partial charge on any atom is -0.494 e. The van der Waals surface area contributed by atoms with Crippen molar-refractivity contribution < 1.29 is 27.8 Å². The predicted octanol–water partition coefficient (Wildman–Crippen LogP) is 3.41. The predicted molar refractivity (Wildman–Crippen MR) is 148 cm³/mol. The molecule has 0 aliphatic carbocycles. The fourth-order valence-electron chi connectivity index (χ4n) is 5.01. The van der Waals surface area contributed by atoms with E-state index in [2.05, 4.69) is 0 Å². The fourth-order valence-corrected chi connectivity index (χ4v) is 6.28. The molecule has 1 N–H and O–H groups in total. The molecule has 1 spiro atoms. The molecule has 2 aliphatic heterocycles. The highest BCUT2D eigenvalue weighted by Gasteiger charge is 2.53. The summed E-state index contributed by atoms with van der Waals surface area (Å²) in [6.07, 6.45) is 0.348. The summed E-state index contributed by atoms with van der Waals surface area (Å²) in [5, 5.41) is 8.95. The van der Waals surface area contributed by atoms with Crippen LogP contribution in [-0.2, 0) is 32.3 Å². The van der Waals surface area contributed by atoms with Crippen molar-refractivity contribution in [3.63, 3.8) is 0 Å². The van der Waals surface area contributed by atoms with Crippen molar-refractivity contribution >= 4 is 21.6 Å². The second-order valence-corrected chi connectivity index (χ2v) is 12.0. The van der Waals surface area contributed by atoms with Crippen LogP contribution < -0.4 is 4.74 Å². The molecule has 204 valence electrons. The number of nitrogens with zero attached hydrogens (tertiary/aromatic N) is 2. The SMILES string of the molecule is C[C@@H]1OC(c2ccc(OCCCO)cc2)=N[C@@]12Cc1ccccc1CN(CCS(=O)(=O)c1ccccc1)C2=O. The first kappa shape index (κ1) is 26.9. The Bertz CT molecular complexity index is 1460. The van der Waals surface area contributed by atoms with Crippen molar-refractivity contribution in [1.82, 2.24) is 4.90 Å². The van der Waals surface area contributed by atoms with Crippen molar-refractivity contribution in [3.05, 3.63) is 95.6 Å². The highest BCUT2D eigenvalue weighted by atomic mass is 32.2. The molecule has 0 bridgehead atoms. The van der Waals surface area contributed by atoms with Gasteiger partial charge in [0.2, 0.25) is 5.90 Å². The molecule has 0 saturated carbocycles. The molecule has 2 aliphatic rings. The summed E-state index contributed by atoms with van der Waals surface area (Å²) >= 11 is 0. The molecule has 9 heteroatoms. The van der Waals surface area contributed by atoms with E-state index >= 15 is 0 Å². The Kier molecular flexibility index (Phi) is 7.72. The van der Waals surface area contributed by atoms with Gasteiger partial charge in [0.15, 0.2) is 15.4 Å². The third kappa shape index (κ3) is 5.55. The van der Waals surface area contributed by atoms with Crippen LogP contribution in [-0.4, -0.2) is 67.4 Å². The molecule has 39 heavy (non-hydrogen) atoms. The Morgan fingerprint density at radius 3 is 2.44 bits per heavy atom. The van der Waals surface area contributed by atoms with E-state index in [4.69, 9.17) is 19.6 Å². The second kappa shape index (κ2) is 11.2. The Morgan fingerprint density at radius 2 is 1.72 bits per heavy atom. The number of carbonyl (C=O) groups excluding carboxylic acids is 1. The number of rotatable bonds is 9. The van der Waals surface area contributed by atoms with E-state index in [1.54, 1.807) is 47.4 Å². The number of aliphatic hydroxyl groups is 1. The fraction of sp³-hybridized carbons (Fsp3) is 0.333. The lowest BCUT2D eigenvalue weighted by molar-refractivity contribution is -0.139. The molecule has 1 amide bonds. The number of hydrogen-bond acceptors (Lipinski definition) is 7. The van der Waals surface area contributed by atoms with Crippen LogP contribution in [0, 0.1) is 0 Å². The zero-order chi connectivity index (χ0) is 27.5. The van der Waals surface area contributed by atoms with Crippen LogP contribution in [0.3, 0.4) is 0 Å². The number of aliphatic imine (C=N–C) groups is 1. The van der Waals surface area contributed by atoms with Gasteiger partial charge in [-0.1, -0.05) is 42.5 Å². The van der Waals surface area contributed by atoms with Gasteiger partial charge in [-0.05, 0) is 54.4 Å². The molecule has 0 unspecified atom stereocenters. The smallest absolute Gasteiger partial charge is 0.255 e. The Balaban J connectivity index is 1.44. The Hall–Kier alpha value is -3.69. The van der Waals surface area contributed by atoms with Gasteiger partial charge in [0.1, 0.15) is 11.9 Å². The van der Waals surface area contributed by atoms with E-state index in [1.807, 2.05) is 43.3 Å². The van der Waals surface area contributed by atoms with E-state index in [9.17, 15) is 13.2 Å². The van der Waals surface area contributed by atoms with Gasteiger partial charge < -0.3 is 19.5 Å². The number of benzene rings is 3. The average Bonchev–Trinajstić information content (AvgIpc) is 3.22. The number of sulfone groups is 1. The van der Waals surface area contributed by atoms with Gasteiger partial charge in [0.05, 0.1) is 17.3 Å². The van der Waals surface area contributed by atoms with Crippen LogP contribution >= 0.6 is 0 Å². The van der Waals surface area contributed by atoms with Crippen LogP contribution in [0.2, 0.25) is 0 Å². The van der Waals surface area contributed by atoms with E-state index < -0.39 is 21.5 Å². The largest absolute Gasteiger partial charge is 0.494 e. The number of aliphatic hydroxyl groups excluding tert-OH is 1. The van der Waals surface area contributed by atoms with Crippen molar-refractivity contribution in [1.29, 1.82) is 0 Å². The lowest BCUT2D eigenvalue weighted by Crippen LogP contribution is -2.53. The van der Waals surface area contributed by atoms with E-state index in [1.165, 1.54) is 0 Å². The first-order valence-corrected chi connectivity index (χ1v) is 14.7. The highest BCUT2D eigenvalue weighted by molar-refractivity contribution is 7.91. The van der Waals surface area contributed by atoms with Gasteiger partial charge >= 0.3 is 0 Å². The summed E-state index contributed by atoms with van der Waals surface area (Å²) in [5.41, 5.74) is 1.47. The van der Waals surface area contributed by atoms with Crippen molar-refractivity contribution in [2.45, 2.75) is 42.8 Å². The number of fused-ring (bicyclic) bond motifs is 1. The van der Waals surface area contributed by atoms with Gasteiger partial charge in [-0.2, -0.15) is 0 Å². The first-order chi connectivity index (χ1) is 18.8. The summed E-state index contributed by atoms with van der Waals surface area (Å²) in [6, 6.07) is 23.4. The van der Waals surface area contributed by atoms with Gasteiger partial charge in [-0.3, -0.25) is 4.79 Å². The Morgan fingerprint density at radius 1 is 1.03 bits per heavy atom. The molecule has 0 fully saturated rings. The second-order valence-electron chi connectivity index (χ2n) is 9.86. The zero-order valence-corrected chi connectivity index (χ0v) is 22.6. The highest BCUT2D eigenvalue weighted by Crippen LogP contribution is 2.37. The third-order valence-corrected chi connectivity index (χ3v) is 8.97. The Labute approximate surface area is 228 Å². The zero-order valence-electron chi connectivity index (χ0n) is 21.8. The van der Waals surface area contributed by atoms with Gasteiger partial charge in [-0.15, -0.1) is 0 Å². The number of carbonyl (C=O) groups is 1. The molecule has 2 heterocycles. The molecule has 0 saturated heterocycles. The van der Waals surface area contributed by atoms with Gasteiger partial charge in [0.25, 0.3) is 5.91 Å². The van der Waals surface area contributed by atoms with Crippen molar-refractivity contribution in [2.24, 2.45) is 4.99 Å². The van der Waals surface area contributed by atoms with Crippen LogP contribution in [0.5, 0.6) is 5.75 Å². The lowest BCUT2D eigenvalue weighted by Gasteiger charge is -2.31. The quantitative estimate of drug-likeness (QED) is 0.411. The minimum absolute atomic E-state index is 0.0452. The normalized spacial score (nSPS) is 20.8. The summed E-state index contributed by atoms with van der Waals surface area (Å²) < 4.78 is 37.9. The van der Waals surface area contributed by atoms with Gasteiger partial charge in [-0.25, -0.2) is 13.4 Å². The van der Waals surface area contributed by atoms with Gasteiger partial charge in [0, 0.05) is 38.1 Å². The maximum absolute atomic E-state index is 14.2. The maximum atomic E-state index is 14.2. The van der Waals surface area contributed by atoms with Crippen LogP contribution in [0.15, 0.2) is 88.8 Å². The third-order valence-electron chi connectivity index (χ3n) is 7.26. The van der Waals surface area contributed by atoms with E-state index in [0.717, 1.165) is 16.7 Å². The molecule has 8 nitrogen and oxygen atoms in total. The molecule has 0 aromatic heterocycles. The minimum atomic E-state index is -3.57. The monoisotopic (exact) mass is 548 g/mol. The van der Waals surface area contributed by atoms with Crippen molar-refractivity contribution in [2.75, 3.05) is 25.5 Å². The average molecular weight is 549 g/mol. The molecule has 5 rings (SSSR count). The van der Waals surface area contributed by atoms with Crippen molar-refractivity contribution in [3.8, 4) is 5.75 Å². The van der Waals surface area contributed by atoms with E-state index in [-0.39, 0.29) is 29.7 Å². The van der Waals surface area contributed by atoms with Crippen LogP contribution in [0.1, 0.15) is 30.0 Å². The molecule has 3 aromatic carbocycles. The number of ether oxygens (including phenoxy) is 2. The first-order valence-electron chi connectivity index (χ1n) is 13.1. The maximum Gasteiger partial charge on any atom is 0.255 e. The van der Waals surface area contributed by atoms with E-state index in [0.29, 0.717) is 37.6 Å². The standard InChI is InChI=1S/C30H32N2O6S/c1-22-30(31-28(38-22)23-12-14-26(15-13-23)37-18-7-17-33)20-24-8-5-6-9-25(24)21-32(29(30)34)16-19-39(35,36)27-10-3-2-4-11-27/h2-6,8-15,22,33H,7,16-21H2,1H3/t22-,30-/m0/s1. The molecule has 3 aromatic rings. The molecular formula is C30H32N2O6S. The number of hydrogen-bond donors (Lipinski definition) is 1. The molecular weight excluding hydrogens is 516 g/mol. The topological polar surface area (TPSA) is 106 Å². The molecule has 0 radical (unpaired) electrons. The summed E-state index contributed by atoms with van der Waals surface area (Å²) in [6.45, 7) is 2.67. The summed E-state index contributed by atoms with van der Waals surface area (Å²) in [5.74, 6) is 0.603. The summed E-state index contributed by atoms with van der Waals surface area (Å²) in [4.78, 5) is 20.9. The van der Waals surface area contributed by atoms with Crippen LogP contribution in [0.25, 0.3) is 0 Å². The molecule has 2 atom stereocenters. The summed E-state index contributed by atoms with van der Waals surface area (Å²) in [7, 11) is -3.57. The van der Waals surface area contributed by atoms with Crippen LogP contribution in [0.4, 0.5) is 0 Å².